The van der Waals surface area contributed by atoms with Crippen molar-refractivity contribution in [1.29, 1.82) is 0 Å². The molecule has 1 aliphatic rings. The van der Waals surface area contributed by atoms with E-state index < -0.39 is 0 Å². The lowest BCUT2D eigenvalue weighted by Gasteiger charge is -2.27. The number of aliphatic hydroxyl groups excluding tert-OH is 1. The summed E-state index contributed by atoms with van der Waals surface area (Å²) >= 11 is 0. The molecule has 2 rings (SSSR count). The molecule has 1 fully saturated rings. The molecule has 1 aromatic rings. The van der Waals surface area contributed by atoms with Gasteiger partial charge < -0.3 is 5.11 Å². The second-order valence-electron chi connectivity index (χ2n) is 4.37. The minimum atomic E-state index is -0.119. The summed E-state index contributed by atoms with van der Waals surface area (Å²) < 4.78 is 0. The van der Waals surface area contributed by atoms with Crippen molar-refractivity contribution in [3.63, 3.8) is 0 Å². The van der Waals surface area contributed by atoms with E-state index in [0.29, 0.717) is 5.92 Å². The molecule has 1 nitrogen and oxygen atoms in total. The van der Waals surface area contributed by atoms with Crippen LogP contribution in [0.15, 0.2) is 24.3 Å². The first-order valence-electron chi connectivity index (χ1n) is 5.52. The smallest absolute Gasteiger partial charge is 0.0608 e. The van der Waals surface area contributed by atoms with Crippen molar-refractivity contribution in [3.8, 4) is 0 Å². The molecule has 1 unspecified atom stereocenters. The second kappa shape index (κ2) is 4.14. The lowest BCUT2D eigenvalue weighted by molar-refractivity contribution is 0.106. The third-order valence-electron chi connectivity index (χ3n) is 3.23. The van der Waals surface area contributed by atoms with E-state index in [9.17, 15) is 5.11 Å². The van der Waals surface area contributed by atoms with Crippen molar-refractivity contribution >= 4 is 0 Å². The average molecular weight is 190 g/mol. The molecule has 0 radical (unpaired) electrons. The van der Waals surface area contributed by atoms with Crippen molar-refractivity contribution in [2.45, 2.75) is 44.6 Å². The van der Waals surface area contributed by atoms with E-state index in [-0.39, 0.29) is 6.10 Å². The van der Waals surface area contributed by atoms with Crippen LogP contribution in [-0.4, -0.2) is 11.2 Å². The molecule has 0 bridgehead atoms. The standard InChI is InChI=1S/C13H18O/c1-10-6-8-11(9-7-10)12-4-2-3-5-13(12)14/h6-9,12-14H,2-5H2,1H3/t12?,13-/m1/s1. The van der Waals surface area contributed by atoms with Gasteiger partial charge in [0.05, 0.1) is 6.10 Å². The fourth-order valence-electron chi connectivity index (χ4n) is 2.31. The Morgan fingerprint density at radius 3 is 2.36 bits per heavy atom. The van der Waals surface area contributed by atoms with E-state index in [1.165, 1.54) is 24.0 Å². The minimum absolute atomic E-state index is 0.119. The molecule has 0 heterocycles. The molecule has 0 amide bonds. The topological polar surface area (TPSA) is 20.2 Å². The molecule has 2 atom stereocenters. The van der Waals surface area contributed by atoms with Crippen LogP contribution in [0, 0.1) is 6.92 Å². The molecular formula is C13H18O. The summed E-state index contributed by atoms with van der Waals surface area (Å²) in [6, 6.07) is 8.59. The van der Waals surface area contributed by atoms with Gasteiger partial charge in [0, 0.05) is 5.92 Å². The fraction of sp³-hybridized carbons (Fsp3) is 0.538. The highest BCUT2D eigenvalue weighted by Crippen LogP contribution is 2.32. The van der Waals surface area contributed by atoms with Crippen LogP contribution in [0.3, 0.4) is 0 Å². The molecule has 0 aromatic heterocycles. The lowest BCUT2D eigenvalue weighted by Crippen LogP contribution is -2.22. The van der Waals surface area contributed by atoms with E-state index in [4.69, 9.17) is 0 Å². The van der Waals surface area contributed by atoms with Crippen LogP contribution in [0.4, 0.5) is 0 Å². The Balaban J connectivity index is 2.16. The van der Waals surface area contributed by atoms with Crippen LogP contribution in [0.25, 0.3) is 0 Å². The van der Waals surface area contributed by atoms with Crippen molar-refractivity contribution in [2.75, 3.05) is 0 Å². The molecule has 1 aromatic carbocycles. The highest BCUT2D eigenvalue weighted by Gasteiger charge is 2.23. The summed E-state index contributed by atoms with van der Waals surface area (Å²) in [5.74, 6) is 0.379. The van der Waals surface area contributed by atoms with E-state index in [1.54, 1.807) is 0 Å². The van der Waals surface area contributed by atoms with Crippen molar-refractivity contribution in [3.05, 3.63) is 35.4 Å². The first-order valence-corrected chi connectivity index (χ1v) is 5.52. The molecule has 0 spiro atoms. The van der Waals surface area contributed by atoms with Crippen LogP contribution < -0.4 is 0 Å². The second-order valence-corrected chi connectivity index (χ2v) is 4.37. The molecule has 1 aliphatic carbocycles. The molecule has 1 heteroatoms. The number of hydrogen-bond donors (Lipinski definition) is 1. The van der Waals surface area contributed by atoms with Crippen LogP contribution in [0.1, 0.15) is 42.7 Å². The van der Waals surface area contributed by atoms with Gasteiger partial charge in [-0.3, -0.25) is 0 Å². The van der Waals surface area contributed by atoms with Crippen LogP contribution in [-0.2, 0) is 0 Å². The largest absolute Gasteiger partial charge is 0.392 e. The zero-order valence-corrected chi connectivity index (χ0v) is 8.74. The SMILES string of the molecule is Cc1ccc(C2CCCC[C@H]2O)cc1. The van der Waals surface area contributed by atoms with Gasteiger partial charge in [-0.15, -0.1) is 0 Å². The summed E-state index contributed by atoms with van der Waals surface area (Å²) in [6.07, 6.45) is 4.44. The first kappa shape index (κ1) is 9.72. The molecule has 1 N–H and O–H groups in total. The summed E-state index contributed by atoms with van der Waals surface area (Å²) in [5.41, 5.74) is 2.60. The Kier molecular flexibility index (Phi) is 2.87. The van der Waals surface area contributed by atoms with Gasteiger partial charge in [0.1, 0.15) is 0 Å². The average Bonchev–Trinajstić information content (AvgIpc) is 2.20. The predicted molar refractivity (Wildman–Crippen MR) is 58.4 cm³/mol. The molecule has 0 aliphatic heterocycles. The molecular weight excluding hydrogens is 172 g/mol. The van der Waals surface area contributed by atoms with E-state index in [2.05, 4.69) is 31.2 Å². The lowest BCUT2D eigenvalue weighted by atomic mass is 9.81. The maximum atomic E-state index is 9.89. The van der Waals surface area contributed by atoms with Crippen molar-refractivity contribution in [1.82, 2.24) is 0 Å². The number of rotatable bonds is 1. The predicted octanol–water partition coefficient (Wildman–Crippen LogP) is 3.01. The zero-order chi connectivity index (χ0) is 9.97. The Hall–Kier alpha value is -0.820. The number of hydrogen-bond acceptors (Lipinski definition) is 1. The van der Waals surface area contributed by atoms with Gasteiger partial charge in [-0.2, -0.15) is 0 Å². The Labute approximate surface area is 85.8 Å². The minimum Gasteiger partial charge on any atom is -0.392 e. The highest BCUT2D eigenvalue weighted by molar-refractivity contribution is 5.25. The maximum absolute atomic E-state index is 9.89. The third kappa shape index (κ3) is 1.98. The van der Waals surface area contributed by atoms with Gasteiger partial charge in [0.15, 0.2) is 0 Å². The summed E-state index contributed by atoms with van der Waals surface area (Å²) in [4.78, 5) is 0. The van der Waals surface area contributed by atoms with E-state index >= 15 is 0 Å². The summed E-state index contributed by atoms with van der Waals surface area (Å²) in [7, 11) is 0. The summed E-state index contributed by atoms with van der Waals surface area (Å²) in [6.45, 7) is 2.10. The van der Waals surface area contributed by atoms with Crippen LogP contribution >= 0.6 is 0 Å². The number of benzene rings is 1. The van der Waals surface area contributed by atoms with Gasteiger partial charge in [0.25, 0.3) is 0 Å². The van der Waals surface area contributed by atoms with Crippen LogP contribution in [0.2, 0.25) is 0 Å². The Morgan fingerprint density at radius 2 is 1.71 bits per heavy atom. The normalized spacial score (nSPS) is 27.6. The van der Waals surface area contributed by atoms with E-state index in [1.807, 2.05) is 0 Å². The third-order valence-corrected chi connectivity index (χ3v) is 3.23. The number of aliphatic hydroxyl groups is 1. The first-order chi connectivity index (χ1) is 6.77. The maximum Gasteiger partial charge on any atom is 0.0608 e. The van der Waals surface area contributed by atoms with Gasteiger partial charge in [-0.25, -0.2) is 0 Å². The molecule has 76 valence electrons. The van der Waals surface area contributed by atoms with E-state index in [0.717, 1.165) is 12.8 Å². The molecule has 14 heavy (non-hydrogen) atoms. The summed E-state index contributed by atoms with van der Waals surface area (Å²) in [5, 5.41) is 9.89. The zero-order valence-electron chi connectivity index (χ0n) is 8.74. The van der Waals surface area contributed by atoms with Gasteiger partial charge >= 0.3 is 0 Å². The highest BCUT2D eigenvalue weighted by atomic mass is 16.3. The quantitative estimate of drug-likeness (QED) is 0.721. The molecule has 0 saturated heterocycles. The van der Waals surface area contributed by atoms with Crippen LogP contribution in [0.5, 0.6) is 0 Å². The van der Waals surface area contributed by atoms with Crippen molar-refractivity contribution < 1.29 is 5.11 Å². The number of aryl methyl sites for hydroxylation is 1. The van der Waals surface area contributed by atoms with Gasteiger partial charge in [-0.05, 0) is 25.3 Å². The fourth-order valence-corrected chi connectivity index (χ4v) is 2.31. The Morgan fingerprint density at radius 1 is 1.07 bits per heavy atom. The van der Waals surface area contributed by atoms with Gasteiger partial charge in [-0.1, -0.05) is 42.7 Å². The Bertz CT molecular complexity index is 289. The monoisotopic (exact) mass is 190 g/mol. The van der Waals surface area contributed by atoms with Crippen molar-refractivity contribution in [2.24, 2.45) is 0 Å². The molecule has 1 saturated carbocycles. The van der Waals surface area contributed by atoms with Gasteiger partial charge in [0.2, 0.25) is 0 Å².